The third kappa shape index (κ3) is 5.73. The largest absolute Gasteiger partial charge is 0.481 e. The van der Waals surface area contributed by atoms with Gasteiger partial charge in [-0.25, -0.2) is 0 Å². The zero-order valence-electron chi connectivity index (χ0n) is 13.0. The van der Waals surface area contributed by atoms with Crippen LogP contribution in [0.25, 0.3) is 0 Å². The summed E-state index contributed by atoms with van der Waals surface area (Å²) in [5, 5.41) is 6.06. The van der Waals surface area contributed by atoms with Crippen molar-refractivity contribution >= 4 is 23.4 Å². The first-order valence-electron chi connectivity index (χ1n) is 7.65. The van der Waals surface area contributed by atoms with E-state index in [-0.39, 0.29) is 17.9 Å². The standard InChI is InChI=1S/C16H21ClN2O4/c1-11(23-13-6-4-12(17)5-7-13)15(20)18-8-9-19-16(21)14-3-2-10-22-14/h4-7,11,14H,2-3,8-10H2,1H3,(H,18,20)(H,19,21). The summed E-state index contributed by atoms with van der Waals surface area (Å²) < 4.78 is 10.8. The molecule has 6 nitrogen and oxygen atoms in total. The molecule has 0 bridgehead atoms. The number of carbonyl (C=O) groups is 2. The first kappa shape index (κ1) is 17.6. The molecule has 2 rings (SSSR count). The fraction of sp³-hybridized carbons (Fsp3) is 0.500. The summed E-state index contributed by atoms with van der Waals surface area (Å²) in [6.45, 7) is 2.99. The lowest BCUT2D eigenvalue weighted by Gasteiger charge is -2.15. The van der Waals surface area contributed by atoms with Crippen molar-refractivity contribution in [3.05, 3.63) is 29.3 Å². The molecular formula is C16H21ClN2O4. The van der Waals surface area contributed by atoms with Gasteiger partial charge in [-0.3, -0.25) is 9.59 Å². The molecule has 1 saturated heterocycles. The van der Waals surface area contributed by atoms with E-state index in [0.717, 1.165) is 12.8 Å². The number of hydrogen-bond donors (Lipinski definition) is 2. The van der Waals surface area contributed by atoms with Crippen LogP contribution < -0.4 is 15.4 Å². The lowest BCUT2D eigenvalue weighted by molar-refractivity contribution is -0.130. The van der Waals surface area contributed by atoms with Crippen LogP contribution in [0.2, 0.25) is 5.02 Å². The van der Waals surface area contributed by atoms with Gasteiger partial charge in [-0.15, -0.1) is 0 Å². The Morgan fingerprint density at radius 2 is 2.00 bits per heavy atom. The molecule has 23 heavy (non-hydrogen) atoms. The summed E-state index contributed by atoms with van der Waals surface area (Å²) in [5.74, 6) is 0.206. The number of amides is 2. The second-order valence-electron chi connectivity index (χ2n) is 5.30. The van der Waals surface area contributed by atoms with Crippen LogP contribution in [0.15, 0.2) is 24.3 Å². The lowest BCUT2D eigenvalue weighted by Crippen LogP contribution is -2.42. The van der Waals surface area contributed by atoms with Gasteiger partial charge >= 0.3 is 0 Å². The average Bonchev–Trinajstić information content (AvgIpc) is 3.07. The normalized spacial score (nSPS) is 18.3. The molecule has 1 aromatic rings. The Hall–Kier alpha value is -1.79. The van der Waals surface area contributed by atoms with Crippen molar-refractivity contribution < 1.29 is 19.1 Å². The van der Waals surface area contributed by atoms with Crippen LogP contribution in [0.4, 0.5) is 0 Å². The monoisotopic (exact) mass is 340 g/mol. The Morgan fingerprint density at radius 1 is 1.30 bits per heavy atom. The van der Waals surface area contributed by atoms with Crippen molar-refractivity contribution in [2.45, 2.75) is 32.0 Å². The van der Waals surface area contributed by atoms with E-state index in [1.54, 1.807) is 31.2 Å². The zero-order valence-corrected chi connectivity index (χ0v) is 13.8. The lowest BCUT2D eigenvalue weighted by atomic mass is 10.2. The highest BCUT2D eigenvalue weighted by molar-refractivity contribution is 6.30. The van der Waals surface area contributed by atoms with E-state index in [9.17, 15) is 9.59 Å². The van der Waals surface area contributed by atoms with Crippen LogP contribution in [-0.2, 0) is 14.3 Å². The molecule has 7 heteroatoms. The molecule has 2 amide bonds. The summed E-state index contributed by atoms with van der Waals surface area (Å²) in [7, 11) is 0. The molecular weight excluding hydrogens is 320 g/mol. The molecule has 0 spiro atoms. The second kappa shape index (κ2) is 8.74. The van der Waals surface area contributed by atoms with Crippen molar-refractivity contribution in [1.29, 1.82) is 0 Å². The summed E-state index contributed by atoms with van der Waals surface area (Å²) in [4.78, 5) is 23.6. The van der Waals surface area contributed by atoms with Gasteiger partial charge < -0.3 is 20.1 Å². The first-order valence-corrected chi connectivity index (χ1v) is 8.03. The van der Waals surface area contributed by atoms with Gasteiger partial charge in [-0.05, 0) is 44.0 Å². The Bertz CT molecular complexity index is 529. The number of benzene rings is 1. The fourth-order valence-electron chi connectivity index (χ4n) is 2.18. The van der Waals surface area contributed by atoms with Gasteiger partial charge in [-0.1, -0.05) is 11.6 Å². The highest BCUT2D eigenvalue weighted by atomic mass is 35.5. The molecule has 0 radical (unpaired) electrons. The van der Waals surface area contributed by atoms with Crippen LogP contribution in [0.5, 0.6) is 5.75 Å². The molecule has 2 N–H and O–H groups in total. The van der Waals surface area contributed by atoms with Crippen molar-refractivity contribution in [3.8, 4) is 5.75 Å². The predicted molar refractivity (Wildman–Crippen MR) is 86.5 cm³/mol. The quantitative estimate of drug-likeness (QED) is 0.738. The van der Waals surface area contributed by atoms with Crippen LogP contribution >= 0.6 is 11.6 Å². The Kier molecular flexibility index (Phi) is 6.67. The highest BCUT2D eigenvalue weighted by Crippen LogP contribution is 2.16. The number of halogens is 1. The molecule has 1 aliphatic rings. The minimum atomic E-state index is -0.634. The summed E-state index contributed by atoms with van der Waals surface area (Å²) >= 11 is 5.79. The van der Waals surface area contributed by atoms with Crippen LogP contribution in [-0.4, -0.2) is 43.7 Å². The third-order valence-electron chi connectivity index (χ3n) is 3.44. The Labute approximate surface area is 140 Å². The SMILES string of the molecule is CC(Oc1ccc(Cl)cc1)C(=O)NCCNC(=O)C1CCCO1. The van der Waals surface area contributed by atoms with E-state index in [1.165, 1.54) is 0 Å². The van der Waals surface area contributed by atoms with Gasteiger partial charge in [0.15, 0.2) is 6.10 Å². The maximum atomic E-state index is 11.9. The summed E-state index contributed by atoms with van der Waals surface area (Å²) in [5.41, 5.74) is 0. The number of ether oxygens (including phenoxy) is 2. The average molecular weight is 341 g/mol. The minimum Gasteiger partial charge on any atom is -0.481 e. The van der Waals surface area contributed by atoms with Gasteiger partial charge in [0, 0.05) is 24.7 Å². The van der Waals surface area contributed by atoms with Crippen LogP contribution in [0.3, 0.4) is 0 Å². The summed E-state index contributed by atoms with van der Waals surface area (Å²) in [6.07, 6.45) is 0.682. The van der Waals surface area contributed by atoms with E-state index in [1.807, 2.05) is 0 Å². The molecule has 1 fully saturated rings. The molecule has 2 unspecified atom stereocenters. The third-order valence-corrected chi connectivity index (χ3v) is 3.69. The molecule has 1 heterocycles. The zero-order chi connectivity index (χ0) is 16.7. The van der Waals surface area contributed by atoms with Crippen molar-refractivity contribution in [3.63, 3.8) is 0 Å². The Morgan fingerprint density at radius 3 is 2.65 bits per heavy atom. The molecule has 1 aromatic carbocycles. The maximum Gasteiger partial charge on any atom is 0.260 e. The van der Waals surface area contributed by atoms with Gasteiger partial charge in [0.1, 0.15) is 11.9 Å². The van der Waals surface area contributed by atoms with Gasteiger partial charge in [0.25, 0.3) is 5.91 Å². The number of rotatable bonds is 7. The van der Waals surface area contributed by atoms with E-state index < -0.39 is 6.10 Å². The van der Waals surface area contributed by atoms with E-state index in [4.69, 9.17) is 21.1 Å². The number of nitrogens with one attached hydrogen (secondary N) is 2. The molecule has 2 atom stereocenters. The number of carbonyl (C=O) groups excluding carboxylic acids is 2. The molecule has 126 valence electrons. The molecule has 0 aliphatic carbocycles. The highest BCUT2D eigenvalue weighted by Gasteiger charge is 2.23. The predicted octanol–water partition coefficient (Wildman–Crippen LogP) is 1.52. The van der Waals surface area contributed by atoms with Gasteiger partial charge in [-0.2, -0.15) is 0 Å². The van der Waals surface area contributed by atoms with Gasteiger partial charge in [0.2, 0.25) is 5.91 Å². The fourth-order valence-corrected chi connectivity index (χ4v) is 2.31. The summed E-state index contributed by atoms with van der Waals surface area (Å²) in [6, 6.07) is 6.80. The topological polar surface area (TPSA) is 76.7 Å². The van der Waals surface area contributed by atoms with Crippen molar-refractivity contribution in [2.75, 3.05) is 19.7 Å². The van der Waals surface area contributed by atoms with E-state index in [2.05, 4.69) is 10.6 Å². The molecule has 1 aliphatic heterocycles. The second-order valence-corrected chi connectivity index (χ2v) is 5.73. The minimum absolute atomic E-state index is 0.123. The van der Waals surface area contributed by atoms with Crippen molar-refractivity contribution in [2.24, 2.45) is 0 Å². The van der Waals surface area contributed by atoms with Gasteiger partial charge in [0.05, 0.1) is 0 Å². The van der Waals surface area contributed by atoms with Crippen LogP contribution in [0, 0.1) is 0 Å². The molecule has 0 aromatic heterocycles. The van der Waals surface area contributed by atoms with Crippen LogP contribution in [0.1, 0.15) is 19.8 Å². The smallest absolute Gasteiger partial charge is 0.260 e. The van der Waals surface area contributed by atoms with E-state index >= 15 is 0 Å². The number of hydrogen-bond acceptors (Lipinski definition) is 4. The molecule has 0 saturated carbocycles. The van der Waals surface area contributed by atoms with E-state index in [0.29, 0.717) is 30.5 Å². The van der Waals surface area contributed by atoms with Crippen molar-refractivity contribution in [1.82, 2.24) is 10.6 Å². The Balaban J connectivity index is 1.63. The first-order chi connectivity index (χ1) is 11.1. The maximum absolute atomic E-state index is 11.9.